The lowest BCUT2D eigenvalue weighted by molar-refractivity contribution is -0.141. The number of rotatable bonds is 10. The number of hydrogen-bond acceptors (Lipinski definition) is 4. The normalized spacial score (nSPS) is 14.3. The van der Waals surface area contributed by atoms with Crippen LogP contribution in [0.4, 0.5) is 4.79 Å². The number of hydrogen-bond donors (Lipinski definition) is 2. The highest BCUT2D eigenvalue weighted by Crippen LogP contribution is 2.44. The zero-order chi connectivity index (χ0) is 30.6. The van der Waals surface area contributed by atoms with Crippen LogP contribution in [-0.2, 0) is 14.0 Å². The van der Waals surface area contributed by atoms with Crippen molar-refractivity contribution in [2.24, 2.45) is 5.92 Å². The summed E-state index contributed by atoms with van der Waals surface area (Å²) in [6.45, 7) is 8.57. The summed E-state index contributed by atoms with van der Waals surface area (Å²) in [5, 5.41) is 14.7. The van der Waals surface area contributed by atoms with Crippen molar-refractivity contribution in [3.63, 3.8) is 0 Å². The van der Waals surface area contributed by atoms with Gasteiger partial charge in [0.05, 0.1) is 0 Å². The molecule has 7 heteroatoms. The molecule has 5 rings (SSSR count). The minimum atomic E-state index is -2.87. The number of amides is 1. The Morgan fingerprint density at radius 1 is 0.791 bits per heavy atom. The molecule has 1 aliphatic rings. The topological polar surface area (TPSA) is 84.9 Å². The number of ether oxygens (including phenoxy) is 1. The van der Waals surface area contributed by atoms with E-state index < -0.39 is 32.3 Å². The summed E-state index contributed by atoms with van der Waals surface area (Å²) in [6.07, 6.45) is -0.758. The van der Waals surface area contributed by atoms with Crippen molar-refractivity contribution in [3.8, 4) is 11.1 Å². The molecule has 4 aromatic carbocycles. The molecule has 0 aromatic heterocycles. The molecule has 6 nitrogen and oxygen atoms in total. The summed E-state index contributed by atoms with van der Waals surface area (Å²) in [7, 11) is -2.87. The summed E-state index contributed by atoms with van der Waals surface area (Å²) in [4.78, 5) is 25.4. The quantitative estimate of drug-likeness (QED) is 0.214. The zero-order valence-corrected chi connectivity index (χ0v) is 26.1. The predicted molar refractivity (Wildman–Crippen MR) is 172 cm³/mol. The average Bonchev–Trinajstić information content (AvgIpc) is 3.33. The van der Waals surface area contributed by atoms with Gasteiger partial charge < -0.3 is 19.6 Å². The van der Waals surface area contributed by atoms with Crippen LogP contribution in [0, 0.1) is 5.92 Å². The standard InChI is InChI=1S/C36H39NO5Si/c1-25(23-42-43(36(2,3)4,26-15-7-5-8-16-26)27-17-9-6-10-18-27)33(34(38)39)37-35(40)41-24-32-30-21-13-11-19-28(30)29-20-12-14-22-31(29)32/h5-22,25,32-33H,23-24H2,1-4H3,(H,37,40)(H,38,39)/t25-,33+/m1/s1. The van der Waals surface area contributed by atoms with Gasteiger partial charge in [0.2, 0.25) is 0 Å². The molecule has 2 atom stereocenters. The van der Waals surface area contributed by atoms with E-state index in [9.17, 15) is 14.7 Å². The molecule has 0 radical (unpaired) electrons. The highest BCUT2D eigenvalue weighted by atomic mass is 28.4. The molecule has 0 aliphatic heterocycles. The molecule has 1 amide bonds. The molecule has 0 spiro atoms. The van der Waals surface area contributed by atoms with E-state index in [0.717, 1.165) is 32.6 Å². The Hall–Kier alpha value is -4.20. The molecule has 0 saturated heterocycles. The maximum absolute atomic E-state index is 13.0. The molecule has 1 aliphatic carbocycles. The maximum Gasteiger partial charge on any atom is 0.407 e. The molecule has 43 heavy (non-hydrogen) atoms. The first-order valence-corrected chi connectivity index (χ1v) is 16.6. The fraction of sp³-hybridized carbons (Fsp3) is 0.278. The van der Waals surface area contributed by atoms with Gasteiger partial charge in [0.15, 0.2) is 0 Å². The van der Waals surface area contributed by atoms with Crippen LogP contribution < -0.4 is 15.7 Å². The lowest BCUT2D eigenvalue weighted by Gasteiger charge is -2.43. The van der Waals surface area contributed by atoms with Gasteiger partial charge >= 0.3 is 12.1 Å². The lowest BCUT2D eigenvalue weighted by atomic mass is 9.98. The minimum Gasteiger partial charge on any atom is -0.480 e. The van der Waals surface area contributed by atoms with Gasteiger partial charge in [0.25, 0.3) is 8.32 Å². The second-order valence-corrected chi connectivity index (χ2v) is 16.5. The molecular formula is C36H39NO5Si. The molecule has 2 N–H and O–H groups in total. The SMILES string of the molecule is C[C@H](CO[Si](c1ccccc1)(c1ccccc1)C(C)(C)C)[C@H](NC(=O)OCC1c2ccccc2-c2ccccc21)C(=O)O. The first-order chi connectivity index (χ1) is 20.6. The number of carboxylic acids is 1. The van der Waals surface area contributed by atoms with E-state index in [-0.39, 0.29) is 24.2 Å². The highest BCUT2D eigenvalue weighted by molar-refractivity contribution is 6.99. The van der Waals surface area contributed by atoms with Crippen molar-refractivity contribution >= 4 is 30.8 Å². The minimum absolute atomic E-state index is 0.110. The summed E-state index contributed by atoms with van der Waals surface area (Å²) < 4.78 is 12.6. The van der Waals surface area contributed by atoms with Crippen molar-refractivity contribution in [1.82, 2.24) is 5.32 Å². The van der Waals surface area contributed by atoms with Crippen LogP contribution in [0.3, 0.4) is 0 Å². The van der Waals surface area contributed by atoms with E-state index in [4.69, 9.17) is 9.16 Å². The number of fused-ring (bicyclic) bond motifs is 3. The number of nitrogens with one attached hydrogen (secondary N) is 1. The second-order valence-electron chi connectivity index (χ2n) is 12.2. The molecule has 0 saturated carbocycles. The Balaban J connectivity index is 1.31. The fourth-order valence-electron chi connectivity index (χ4n) is 6.33. The van der Waals surface area contributed by atoms with Gasteiger partial charge in [-0.05, 0) is 37.7 Å². The van der Waals surface area contributed by atoms with E-state index >= 15 is 0 Å². The van der Waals surface area contributed by atoms with Gasteiger partial charge in [-0.1, -0.05) is 137 Å². The van der Waals surface area contributed by atoms with Crippen molar-refractivity contribution in [2.75, 3.05) is 13.2 Å². The second kappa shape index (κ2) is 12.6. The summed E-state index contributed by atoms with van der Waals surface area (Å²) in [6, 6.07) is 35.4. The van der Waals surface area contributed by atoms with Gasteiger partial charge in [-0.15, -0.1) is 0 Å². The first-order valence-electron chi connectivity index (χ1n) is 14.7. The molecule has 0 unspecified atom stereocenters. The van der Waals surface area contributed by atoms with Crippen molar-refractivity contribution in [1.29, 1.82) is 0 Å². The maximum atomic E-state index is 13.0. The van der Waals surface area contributed by atoms with Crippen LogP contribution in [0.25, 0.3) is 11.1 Å². The number of benzene rings is 4. The van der Waals surface area contributed by atoms with E-state index in [1.807, 2.05) is 72.8 Å². The summed E-state index contributed by atoms with van der Waals surface area (Å²) in [5.41, 5.74) is 4.45. The number of carboxylic acid groups (broad SMARTS) is 1. The highest BCUT2D eigenvalue weighted by Gasteiger charge is 2.50. The Bertz CT molecular complexity index is 1480. The van der Waals surface area contributed by atoms with Crippen LogP contribution >= 0.6 is 0 Å². The molecule has 222 valence electrons. The molecular weight excluding hydrogens is 554 g/mol. The van der Waals surface area contributed by atoms with E-state index in [0.29, 0.717) is 0 Å². The average molecular weight is 594 g/mol. The van der Waals surface area contributed by atoms with Crippen LogP contribution in [0.15, 0.2) is 109 Å². The Morgan fingerprint density at radius 3 is 1.72 bits per heavy atom. The summed E-state index contributed by atoms with van der Waals surface area (Å²) in [5.74, 6) is -1.77. The Labute approximate surface area is 254 Å². The largest absolute Gasteiger partial charge is 0.480 e. The number of carbonyl (C=O) groups excluding carboxylic acids is 1. The Morgan fingerprint density at radius 2 is 1.26 bits per heavy atom. The third kappa shape index (κ3) is 6.01. The van der Waals surface area contributed by atoms with Crippen molar-refractivity contribution in [3.05, 3.63) is 120 Å². The number of aliphatic carboxylic acids is 1. The smallest absolute Gasteiger partial charge is 0.407 e. The molecule has 0 fully saturated rings. The molecule has 4 aromatic rings. The van der Waals surface area contributed by atoms with Gasteiger partial charge in [-0.2, -0.15) is 0 Å². The van der Waals surface area contributed by atoms with E-state index in [1.165, 1.54) is 0 Å². The lowest BCUT2D eigenvalue weighted by Crippen LogP contribution is -2.67. The molecule has 0 bridgehead atoms. The number of carbonyl (C=O) groups is 2. The van der Waals surface area contributed by atoms with Gasteiger partial charge in [0.1, 0.15) is 12.6 Å². The van der Waals surface area contributed by atoms with Crippen LogP contribution in [0.2, 0.25) is 5.04 Å². The number of alkyl carbamates (subject to hydrolysis) is 1. The Kier molecular flexibility index (Phi) is 8.85. The first kappa shape index (κ1) is 30.3. The fourth-order valence-corrected chi connectivity index (χ4v) is 11.0. The van der Waals surface area contributed by atoms with Crippen LogP contribution in [-0.4, -0.2) is 44.7 Å². The van der Waals surface area contributed by atoms with Crippen LogP contribution in [0.1, 0.15) is 44.7 Å². The third-order valence-corrected chi connectivity index (χ3v) is 13.4. The molecule has 0 heterocycles. The van der Waals surface area contributed by atoms with E-state index in [2.05, 4.69) is 62.5 Å². The van der Waals surface area contributed by atoms with Crippen LogP contribution in [0.5, 0.6) is 0 Å². The van der Waals surface area contributed by atoms with Gasteiger partial charge in [-0.3, -0.25) is 0 Å². The predicted octanol–water partition coefficient (Wildman–Crippen LogP) is 6.19. The van der Waals surface area contributed by atoms with Crippen molar-refractivity contribution < 1.29 is 23.9 Å². The van der Waals surface area contributed by atoms with Crippen molar-refractivity contribution in [2.45, 2.75) is 44.7 Å². The summed E-state index contributed by atoms with van der Waals surface area (Å²) >= 11 is 0. The van der Waals surface area contributed by atoms with Gasteiger partial charge in [0, 0.05) is 18.4 Å². The van der Waals surface area contributed by atoms with Gasteiger partial charge in [-0.25, -0.2) is 9.59 Å². The third-order valence-electron chi connectivity index (χ3n) is 8.43. The van der Waals surface area contributed by atoms with E-state index in [1.54, 1.807) is 6.92 Å². The zero-order valence-electron chi connectivity index (χ0n) is 25.1. The monoisotopic (exact) mass is 593 g/mol.